The maximum absolute atomic E-state index is 13.8. The van der Waals surface area contributed by atoms with Crippen molar-refractivity contribution >= 4 is 29.2 Å². The highest BCUT2D eigenvalue weighted by Crippen LogP contribution is 2.33. The van der Waals surface area contributed by atoms with E-state index in [9.17, 15) is 18.0 Å². The van der Waals surface area contributed by atoms with E-state index in [-0.39, 0.29) is 17.8 Å². The molecule has 42 heavy (non-hydrogen) atoms. The zero-order chi connectivity index (χ0) is 31.4. The number of carboxylic acids is 1. The summed E-state index contributed by atoms with van der Waals surface area (Å²) in [7, 11) is 1.66. The summed E-state index contributed by atoms with van der Waals surface area (Å²) in [6, 6.07) is 17.0. The molecule has 3 rings (SSSR count). The predicted octanol–water partition coefficient (Wildman–Crippen LogP) is 4.51. The van der Waals surface area contributed by atoms with E-state index < -0.39 is 18.2 Å². The van der Waals surface area contributed by atoms with Crippen LogP contribution in [0.4, 0.5) is 24.7 Å². The van der Waals surface area contributed by atoms with Gasteiger partial charge in [0, 0.05) is 24.5 Å². The fourth-order valence-corrected chi connectivity index (χ4v) is 3.48. The molecule has 11 nitrogen and oxygen atoms in total. The molecule has 6 N–H and O–H groups in total. The van der Waals surface area contributed by atoms with Gasteiger partial charge in [-0.15, -0.1) is 0 Å². The van der Waals surface area contributed by atoms with Gasteiger partial charge in [-0.1, -0.05) is 12.1 Å². The van der Waals surface area contributed by atoms with Gasteiger partial charge < -0.3 is 25.6 Å². The summed E-state index contributed by atoms with van der Waals surface area (Å²) in [5.41, 5.74) is 10.5. The number of aromatic nitrogens is 1. The van der Waals surface area contributed by atoms with Gasteiger partial charge >= 0.3 is 12.1 Å². The van der Waals surface area contributed by atoms with E-state index in [1.165, 1.54) is 5.01 Å². The number of nitrogens with zero attached hydrogens (tertiary/aromatic N) is 2. The van der Waals surface area contributed by atoms with Crippen molar-refractivity contribution in [2.24, 2.45) is 5.73 Å². The number of aliphatic carboxylic acids is 1. The number of rotatable bonds is 11. The number of nitrogens with one attached hydrogen (secondary N) is 3. The van der Waals surface area contributed by atoms with Gasteiger partial charge in [-0.05, 0) is 74.9 Å². The molecule has 0 aliphatic rings. The fourth-order valence-electron chi connectivity index (χ4n) is 3.48. The van der Waals surface area contributed by atoms with E-state index in [0.29, 0.717) is 40.7 Å². The van der Waals surface area contributed by atoms with Gasteiger partial charge in [0.25, 0.3) is 5.91 Å². The van der Waals surface area contributed by atoms with Crippen molar-refractivity contribution in [3.63, 3.8) is 0 Å². The molecule has 226 valence electrons. The van der Waals surface area contributed by atoms with Crippen LogP contribution < -0.4 is 31.0 Å². The number of hydrogen-bond donors (Lipinski definition) is 5. The third-order valence-electron chi connectivity index (χ3n) is 5.28. The molecule has 1 atom stereocenters. The van der Waals surface area contributed by atoms with Crippen LogP contribution >= 0.6 is 0 Å². The molecule has 1 aromatic heterocycles. The summed E-state index contributed by atoms with van der Waals surface area (Å²) < 4.78 is 43.5. The first-order valence-corrected chi connectivity index (χ1v) is 12.6. The van der Waals surface area contributed by atoms with Crippen molar-refractivity contribution in [1.29, 1.82) is 5.41 Å². The molecule has 1 heterocycles. The highest BCUT2D eigenvalue weighted by Gasteiger charge is 2.38. The number of pyridine rings is 1. The minimum atomic E-state index is -5.08. The number of amides is 1. The van der Waals surface area contributed by atoms with Gasteiger partial charge in [0.2, 0.25) is 0 Å². The molecule has 0 radical (unpaired) electrons. The molecular formula is C28H33F3N6O5. The number of nitrogen functional groups attached to an aromatic ring is 1. The van der Waals surface area contributed by atoms with Crippen molar-refractivity contribution < 1.29 is 37.3 Å². The summed E-state index contributed by atoms with van der Waals surface area (Å²) in [4.78, 5) is 27.0. The Morgan fingerprint density at radius 2 is 1.74 bits per heavy atom. The predicted molar refractivity (Wildman–Crippen MR) is 152 cm³/mol. The van der Waals surface area contributed by atoms with Crippen LogP contribution in [0.5, 0.6) is 11.5 Å². The summed E-state index contributed by atoms with van der Waals surface area (Å²) in [5, 5.41) is 19.4. The molecule has 0 saturated carbocycles. The second-order valence-corrected chi connectivity index (χ2v) is 8.76. The van der Waals surface area contributed by atoms with Gasteiger partial charge in [-0.3, -0.25) is 10.2 Å². The lowest BCUT2D eigenvalue weighted by molar-refractivity contribution is -0.192. The Kier molecular flexibility index (Phi) is 12.1. The Balaban J connectivity index is 0.000000782. The molecule has 14 heteroatoms. The number of nitrogens with two attached hydrogens (primary N) is 1. The number of hydrazine groups is 1. The van der Waals surface area contributed by atoms with Gasteiger partial charge in [-0.25, -0.2) is 20.2 Å². The molecule has 1 amide bonds. The quantitative estimate of drug-likeness (QED) is 0.123. The number of carbonyl (C=O) groups excluding carboxylic acids is 1. The zero-order valence-electron chi connectivity index (χ0n) is 23.4. The normalized spacial score (nSPS) is 11.5. The Bertz CT molecular complexity index is 1340. The van der Waals surface area contributed by atoms with Crippen molar-refractivity contribution in [2.45, 2.75) is 39.1 Å². The fraction of sp³-hybridized carbons (Fsp3) is 0.286. The number of carbonyl (C=O) groups is 2. The van der Waals surface area contributed by atoms with Crippen LogP contribution in [-0.4, -0.2) is 53.7 Å². The molecule has 0 spiro atoms. The van der Waals surface area contributed by atoms with Crippen molar-refractivity contribution in [1.82, 2.24) is 10.4 Å². The number of amidine groups is 1. The molecule has 1 unspecified atom stereocenters. The minimum Gasteiger partial charge on any atom is -0.490 e. The second kappa shape index (κ2) is 15.2. The van der Waals surface area contributed by atoms with Crippen LogP contribution in [0, 0.1) is 5.41 Å². The van der Waals surface area contributed by atoms with E-state index in [4.69, 9.17) is 30.5 Å². The van der Waals surface area contributed by atoms with Crippen LogP contribution in [0.15, 0.2) is 66.9 Å². The highest BCUT2D eigenvalue weighted by molar-refractivity contribution is 5.98. The van der Waals surface area contributed by atoms with Gasteiger partial charge in [0.1, 0.15) is 17.7 Å². The Labute approximate surface area is 240 Å². The molecule has 0 aliphatic heterocycles. The third kappa shape index (κ3) is 9.66. The third-order valence-corrected chi connectivity index (χ3v) is 5.28. The van der Waals surface area contributed by atoms with Crippen molar-refractivity contribution in [2.75, 3.05) is 24.0 Å². The average molecular weight is 591 g/mol. The number of halogens is 3. The van der Waals surface area contributed by atoms with E-state index >= 15 is 0 Å². The Morgan fingerprint density at radius 3 is 2.21 bits per heavy atom. The topological polar surface area (TPSA) is 163 Å². The van der Waals surface area contributed by atoms with Crippen LogP contribution in [0.2, 0.25) is 0 Å². The van der Waals surface area contributed by atoms with E-state index in [0.717, 1.165) is 0 Å². The first kappa shape index (κ1) is 33.4. The summed E-state index contributed by atoms with van der Waals surface area (Å²) in [6.07, 6.45) is -3.49. The maximum Gasteiger partial charge on any atom is 0.490 e. The number of carboxylic acid groups (broad SMARTS) is 1. The number of ether oxygens (including phenoxy) is 2. The Morgan fingerprint density at radius 1 is 1.10 bits per heavy atom. The van der Waals surface area contributed by atoms with Crippen LogP contribution in [-0.2, 0) is 9.59 Å². The van der Waals surface area contributed by atoms with Crippen LogP contribution in [0.25, 0.3) is 0 Å². The minimum absolute atomic E-state index is 0.0252. The number of benzene rings is 2. The first-order chi connectivity index (χ1) is 19.8. The monoisotopic (exact) mass is 590 g/mol. The molecular weight excluding hydrogens is 557 g/mol. The average Bonchev–Trinajstić information content (AvgIpc) is 2.93. The smallest absolute Gasteiger partial charge is 0.490 e. The summed E-state index contributed by atoms with van der Waals surface area (Å²) in [5.74, 6) is -1.43. The van der Waals surface area contributed by atoms with Crippen molar-refractivity contribution in [3.05, 3.63) is 78.0 Å². The van der Waals surface area contributed by atoms with Crippen LogP contribution in [0.3, 0.4) is 0 Å². The number of anilines is 2. The molecule has 0 saturated heterocycles. The lowest BCUT2D eigenvalue weighted by Gasteiger charge is -2.27. The SMILES string of the molecule is CCOc1cc(C(Nc2ccc(C(=N)N)cc2)C(=O)N(NC)c2ccccn2)ccc1OC(C)C.O=C(O)C(F)(F)F. The largest absolute Gasteiger partial charge is 0.490 e. The second-order valence-electron chi connectivity index (χ2n) is 8.76. The summed E-state index contributed by atoms with van der Waals surface area (Å²) >= 11 is 0. The maximum atomic E-state index is 13.8. The Hall–Kier alpha value is -4.85. The molecule has 0 aliphatic carbocycles. The van der Waals surface area contributed by atoms with Gasteiger partial charge in [0.05, 0.1) is 12.7 Å². The molecule has 0 bridgehead atoms. The van der Waals surface area contributed by atoms with E-state index in [1.54, 1.807) is 49.6 Å². The van der Waals surface area contributed by atoms with Gasteiger partial charge in [0.15, 0.2) is 11.5 Å². The highest BCUT2D eigenvalue weighted by atomic mass is 19.4. The molecule has 3 aromatic rings. The standard InChI is InChI=1S/C26H32N6O3.C2HF3O2/c1-5-34-22-16-19(11-14-21(22)35-17(2)3)24(31-20-12-9-18(10-13-20)25(27)28)26(33)32(29-4)23-8-6-7-15-30-23;3-2(4,5)1(6)7/h6-17,24,29,31H,5H2,1-4H3,(H3,27,28);(H,6,7). The number of alkyl halides is 3. The van der Waals surface area contributed by atoms with Crippen molar-refractivity contribution in [3.8, 4) is 11.5 Å². The van der Waals surface area contributed by atoms with Crippen LogP contribution in [0.1, 0.15) is 37.9 Å². The zero-order valence-corrected chi connectivity index (χ0v) is 23.4. The lowest BCUT2D eigenvalue weighted by Crippen LogP contribution is -2.45. The van der Waals surface area contributed by atoms with E-state index in [2.05, 4.69) is 15.7 Å². The van der Waals surface area contributed by atoms with E-state index in [1.807, 2.05) is 45.0 Å². The molecule has 2 aromatic carbocycles. The van der Waals surface area contributed by atoms with Gasteiger partial charge in [-0.2, -0.15) is 13.2 Å². The lowest BCUT2D eigenvalue weighted by atomic mass is 10.0. The number of hydrogen-bond acceptors (Lipinski definition) is 8. The first-order valence-electron chi connectivity index (χ1n) is 12.6. The molecule has 0 fully saturated rings. The summed E-state index contributed by atoms with van der Waals surface area (Å²) in [6.45, 7) is 6.24.